The summed E-state index contributed by atoms with van der Waals surface area (Å²) in [6, 6.07) is -1.55. The highest BCUT2D eigenvalue weighted by atomic mass is 35.8. The predicted octanol–water partition coefficient (Wildman–Crippen LogP) is 11.3. The quantitative estimate of drug-likeness (QED) is 0.0335. The second kappa shape index (κ2) is 27.1. The summed E-state index contributed by atoms with van der Waals surface area (Å²) in [6.07, 6.45) is 34.1. The van der Waals surface area contributed by atoms with Crippen molar-refractivity contribution >= 4 is 45.3 Å². The molecule has 0 heterocycles. The number of rotatable bonds is 27. The average molecular weight is 541 g/mol. The molecule has 0 radical (unpaired) electrons. The number of unbranched alkanes of at least 4 members (excludes halogenated alkanes) is 23. The normalized spacial score (nSPS) is 11.6. The van der Waals surface area contributed by atoms with Gasteiger partial charge in [0.1, 0.15) is 0 Å². The summed E-state index contributed by atoms with van der Waals surface area (Å²) >= 11 is 17.7. The summed E-state index contributed by atoms with van der Waals surface area (Å²) in [4.78, 5) is 13.6. The van der Waals surface area contributed by atoms with Gasteiger partial charge in [-0.25, -0.2) is 9.79 Å². The van der Waals surface area contributed by atoms with Crippen LogP contribution in [-0.4, -0.2) is 18.6 Å². The number of isocyanates is 1. The van der Waals surface area contributed by atoms with Crippen molar-refractivity contribution in [3.63, 3.8) is 0 Å². The van der Waals surface area contributed by atoms with Gasteiger partial charge in [-0.1, -0.05) is 148 Å². The van der Waals surface area contributed by atoms with Gasteiger partial charge in [0.2, 0.25) is 6.08 Å². The number of hydrogen-bond donors (Lipinski definition) is 0. The lowest BCUT2D eigenvalue weighted by Gasteiger charge is -2.07. The van der Waals surface area contributed by atoms with E-state index in [0.717, 1.165) is 18.9 Å². The molecule has 0 aromatic rings. The zero-order valence-corrected chi connectivity index (χ0v) is 24.6. The first-order chi connectivity index (χ1) is 16.1. The molecule has 0 fully saturated rings. The van der Waals surface area contributed by atoms with E-state index in [0.29, 0.717) is 6.54 Å². The van der Waals surface area contributed by atoms with E-state index in [2.05, 4.69) is 4.99 Å². The van der Waals surface area contributed by atoms with E-state index in [9.17, 15) is 4.79 Å². The third-order valence-electron chi connectivity index (χ3n) is 6.54. The van der Waals surface area contributed by atoms with Gasteiger partial charge in [0.25, 0.3) is 0 Å². The maximum Gasteiger partial charge on any atom is 0.341 e. The van der Waals surface area contributed by atoms with Crippen LogP contribution in [0.2, 0.25) is 6.04 Å². The molecule has 0 saturated carbocycles. The molecule has 0 saturated heterocycles. The van der Waals surface area contributed by atoms with Gasteiger partial charge < -0.3 is 0 Å². The van der Waals surface area contributed by atoms with Crippen LogP contribution in [-0.2, 0) is 4.79 Å². The lowest BCUT2D eigenvalue weighted by Crippen LogP contribution is -2.07. The Labute approximate surface area is 221 Å². The number of carbonyl (C=O) groups excluding carboxylic acids is 1. The summed E-state index contributed by atoms with van der Waals surface area (Å²) in [5.41, 5.74) is 0. The van der Waals surface area contributed by atoms with Crippen LogP contribution >= 0.6 is 33.2 Å². The Morgan fingerprint density at radius 3 is 0.909 bits per heavy atom. The highest BCUT2D eigenvalue weighted by Crippen LogP contribution is 2.27. The first-order valence-corrected chi connectivity index (χ1v) is 19.4. The van der Waals surface area contributed by atoms with Crippen molar-refractivity contribution in [2.45, 2.75) is 160 Å². The van der Waals surface area contributed by atoms with E-state index >= 15 is 0 Å². The van der Waals surface area contributed by atoms with Crippen LogP contribution in [0, 0.1) is 0 Å². The van der Waals surface area contributed by atoms with Crippen LogP contribution in [0.5, 0.6) is 0 Å². The molecule has 0 aliphatic heterocycles. The molecule has 0 aromatic heterocycles. The minimum atomic E-state index is -2.37. The minimum Gasteiger partial charge on any atom is -0.211 e. The van der Waals surface area contributed by atoms with Gasteiger partial charge in [0, 0.05) is 0 Å². The van der Waals surface area contributed by atoms with Crippen molar-refractivity contribution < 1.29 is 4.79 Å². The maximum atomic E-state index is 9.96. The van der Waals surface area contributed by atoms with Crippen molar-refractivity contribution in [2.75, 3.05) is 6.54 Å². The monoisotopic (exact) mass is 539 g/mol. The molecule has 0 aromatic carbocycles. The zero-order valence-electron chi connectivity index (χ0n) is 21.4. The van der Waals surface area contributed by atoms with Crippen LogP contribution in [0.3, 0.4) is 0 Å². The van der Waals surface area contributed by atoms with Crippen LogP contribution in [0.4, 0.5) is 0 Å². The summed E-state index contributed by atoms with van der Waals surface area (Å²) in [7, 11) is 0. The van der Waals surface area contributed by atoms with Gasteiger partial charge in [-0.2, -0.15) is 0 Å². The highest BCUT2D eigenvalue weighted by Gasteiger charge is 2.23. The summed E-state index contributed by atoms with van der Waals surface area (Å²) in [5, 5.41) is 0. The second-order valence-electron chi connectivity index (χ2n) is 9.82. The van der Waals surface area contributed by atoms with Gasteiger partial charge in [-0.3, -0.25) is 0 Å². The smallest absolute Gasteiger partial charge is 0.211 e. The lowest BCUT2D eigenvalue weighted by atomic mass is 10.0. The van der Waals surface area contributed by atoms with E-state index < -0.39 is 6.00 Å². The zero-order chi connectivity index (χ0) is 24.3. The Kier molecular flexibility index (Phi) is 27.4. The fraction of sp³-hybridized carbons (Fsp3) is 0.963. The Bertz CT molecular complexity index is 440. The molecule has 0 rings (SSSR count). The molecule has 6 heteroatoms. The van der Waals surface area contributed by atoms with Gasteiger partial charge in [0.15, 0.2) is 0 Å². The molecule has 0 spiro atoms. The number of halogens is 3. The van der Waals surface area contributed by atoms with Crippen LogP contribution in [0.1, 0.15) is 154 Å². The first-order valence-electron chi connectivity index (χ1n) is 14.2. The van der Waals surface area contributed by atoms with E-state index in [1.54, 1.807) is 6.08 Å². The third kappa shape index (κ3) is 32.5. The molecule has 0 bridgehead atoms. The Morgan fingerprint density at radius 2 is 0.667 bits per heavy atom. The molecule has 0 atom stereocenters. The molecule has 0 aliphatic carbocycles. The van der Waals surface area contributed by atoms with Crippen LogP contribution < -0.4 is 0 Å². The van der Waals surface area contributed by atoms with E-state index in [-0.39, 0.29) is 0 Å². The molecule has 2 nitrogen and oxygen atoms in total. The van der Waals surface area contributed by atoms with E-state index in [1.807, 2.05) is 0 Å². The van der Waals surface area contributed by atoms with Crippen molar-refractivity contribution in [3.8, 4) is 0 Å². The Hall–Kier alpha value is 0.467. The minimum absolute atomic E-state index is 0.661. The fourth-order valence-electron chi connectivity index (χ4n) is 4.45. The van der Waals surface area contributed by atoms with Crippen molar-refractivity contribution in [1.82, 2.24) is 0 Å². The standard InChI is InChI=1S/C27H52Cl3NOSi/c28-33(29,30)26-24-22-20-18-16-14-12-10-8-6-4-2-1-3-5-7-9-11-13-15-17-19-21-23-25-31-27-32/h1-26H2. The van der Waals surface area contributed by atoms with Crippen molar-refractivity contribution in [3.05, 3.63) is 0 Å². The summed E-state index contributed by atoms with van der Waals surface area (Å²) in [5.74, 6) is 0. The lowest BCUT2D eigenvalue weighted by molar-refractivity contribution is 0.517. The summed E-state index contributed by atoms with van der Waals surface area (Å²) in [6.45, 7) is 0.661. The third-order valence-corrected chi connectivity index (χ3v) is 9.17. The fourth-order valence-corrected chi connectivity index (χ4v) is 6.30. The number of nitrogens with zero attached hydrogens (tertiary/aromatic N) is 1. The van der Waals surface area contributed by atoms with Gasteiger partial charge in [-0.05, 0) is 12.5 Å². The number of aliphatic imine (C=N–C) groups is 1. The molecular weight excluding hydrogens is 489 g/mol. The van der Waals surface area contributed by atoms with Crippen LogP contribution in [0.25, 0.3) is 0 Å². The molecule has 196 valence electrons. The Morgan fingerprint density at radius 1 is 0.424 bits per heavy atom. The molecule has 33 heavy (non-hydrogen) atoms. The molecule has 0 amide bonds. The van der Waals surface area contributed by atoms with Gasteiger partial charge >= 0.3 is 6.00 Å². The Balaban J connectivity index is 3.04. The topological polar surface area (TPSA) is 29.4 Å². The SMILES string of the molecule is O=C=NCCCCCCCCCCCCCCCCCCCCCCCCCC[Si](Cl)(Cl)Cl. The molecule has 0 unspecified atom stereocenters. The highest BCUT2D eigenvalue weighted by molar-refractivity contribution is 7.64. The molecular formula is C27H52Cl3NOSi. The predicted molar refractivity (Wildman–Crippen MR) is 152 cm³/mol. The molecule has 0 aliphatic rings. The largest absolute Gasteiger partial charge is 0.341 e. The first kappa shape index (κ1) is 33.5. The second-order valence-corrected chi connectivity index (χ2v) is 19.1. The van der Waals surface area contributed by atoms with Crippen molar-refractivity contribution in [1.29, 1.82) is 0 Å². The van der Waals surface area contributed by atoms with E-state index in [1.165, 1.54) is 141 Å². The van der Waals surface area contributed by atoms with Crippen molar-refractivity contribution in [2.24, 2.45) is 4.99 Å². The maximum absolute atomic E-state index is 9.96. The number of hydrogen-bond acceptors (Lipinski definition) is 2. The summed E-state index contributed by atoms with van der Waals surface area (Å²) < 4.78 is 0. The van der Waals surface area contributed by atoms with Crippen LogP contribution in [0.15, 0.2) is 4.99 Å². The van der Waals surface area contributed by atoms with Gasteiger partial charge in [0.05, 0.1) is 6.54 Å². The van der Waals surface area contributed by atoms with E-state index in [4.69, 9.17) is 33.2 Å². The van der Waals surface area contributed by atoms with Gasteiger partial charge in [-0.15, -0.1) is 33.2 Å². The average Bonchev–Trinajstić information content (AvgIpc) is 2.78. The molecule has 0 N–H and O–H groups in total.